The molecule has 0 amide bonds. The number of nitrogens with zero attached hydrogens (tertiary/aromatic N) is 1. The number of benzene rings is 5. The maximum Gasteiger partial charge on any atom is 0.137 e. The van der Waals surface area contributed by atoms with E-state index in [-0.39, 0.29) is 0 Å². The highest BCUT2D eigenvalue weighted by molar-refractivity contribution is 6.03. The fraction of sp³-hybridized carbons (Fsp3) is 0.0882. The van der Waals surface area contributed by atoms with Crippen molar-refractivity contribution in [2.24, 2.45) is 4.99 Å². The summed E-state index contributed by atoms with van der Waals surface area (Å²) in [6.07, 6.45) is 0. The second kappa shape index (κ2) is 9.44. The molecule has 0 atom stereocenters. The normalized spacial score (nSPS) is 11.8. The molecule has 0 spiro atoms. The van der Waals surface area contributed by atoms with Crippen LogP contribution in [-0.4, -0.2) is 0 Å². The van der Waals surface area contributed by atoms with Crippen molar-refractivity contribution in [3.05, 3.63) is 131 Å². The first kappa shape index (κ1) is 22.8. The van der Waals surface area contributed by atoms with Gasteiger partial charge in [0.25, 0.3) is 0 Å². The van der Waals surface area contributed by atoms with Crippen molar-refractivity contribution in [1.29, 1.82) is 0 Å². The summed E-state index contributed by atoms with van der Waals surface area (Å²) in [4.78, 5) is 4.90. The standard InChI is InChI=1S/C34H28N2O/c1-22-10-4-7-13-27(22)34-28-18-16-25(35-30-14-8-5-11-23(30)2)20-32(28)37-33-21-26(17-19-29(33)34)36-31-15-9-6-12-24(31)3/h4-21,35H,1-3H3/b36-26+. The van der Waals surface area contributed by atoms with Gasteiger partial charge in [-0.15, -0.1) is 0 Å². The Morgan fingerprint density at radius 3 is 2.14 bits per heavy atom. The maximum absolute atomic E-state index is 6.57. The van der Waals surface area contributed by atoms with Gasteiger partial charge >= 0.3 is 0 Å². The minimum Gasteiger partial charge on any atom is -0.456 e. The molecule has 3 nitrogen and oxygen atoms in total. The van der Waals surface area contributed by atoms with Gasteiger partial charge in [0.1, 0.15) is 11.3 Å². The van der Waals surface area contributed by atoms with Crippen LogP contribution in [0.1, 0.15) is 16.7 Å². The Hall–Kier alpha value is -4.63. The van der Waals surface area contributed by atoms with Crippen LogP contribution < -0.4 is 10.7 Å². The van der Waals surface area contributed by atoms with E-state index in [1.54, 1.807) is 0 Å². The number of para-hydroxylation sites is 2. The van der Waals surface area contributed by atoms with Crippen LogP contribution >= 0.6 is 0 Å². The predicted molar refractivity (Wildman–Crippen MR) is 154 cm³/mol. The number of hydrogen-bond acceptors (Lipinski definition) is 3. The number of rotatable bonds is 4. The Balaban J connectivity index is 1.58. The van der Waals surface area contributed by atoms with E-state index in [0.29, 0.717) is 0 Å². The quantitative estimate of drug-likeness (QED) is 0.255. The van der Waals surface area contributed by atoms with E-state index in [0.717, 1.165) is 50.3 Å². The molecule has 2 aliphatic rings. The molecule has 0 radical (unpaired) electrons. The minimum atomic E-state index is 0.814. The number of fused-ring (bicyclic) bond motifs is 2. The molecule has 4 aromatic rings. The first-order chi connectivity index (χ1) is 18.1. The first-order valence-electron chi connectivity index (χ1n) is 12.6. The molecule has 180 valence electrons. The molecule has 0 unspecified atom stereocenters. The van der Waals surface area contributed by atoms with Gasteiger partial charge in [-0.05, 0) is 79.4 Å². The first-order valence-corrected chi connectivity index (χ1v) is 12.6. The van der Waals surface area contributed by atoms with E-state index < -0.39 is 0 Å². The predicted octanol–water partition coefficient (Wildman–Crippen LogP) is 9.11. The summed E-state index contributed by atoms with van der Waals surface area (Å²) in [5.41, 5.74) is 10.9. The summed E-state index contributed by atoms with van der Waals surface area (Å²) in [5, 5.41) is 5.51. The molecule has 37 heavy (non-hydrogen) atoms. The molecular weight excluding hydrogens is 452 g/mol. The van der Waals surface area contributed by atoms with Crippen LogP contribution in [0, 0.1) is 20.8 Å². The molecule has 0 fully saturated rings. The second-order valence-corrected chi connectivity index (χ2v) is 9.52. The average Bonchev–Trinajstić information content (AvgIpc) is 2.90. The largest absolute Gasteiger partial charge is 0.456 e. The molecule has 1 aliphatic heterocycles. The fourth-order valence-corrected chi connectivity index (χ4v) is 4.87. The summed E-state index contributed by atoms with van der Waals surface area (Å²) in [6.45, 7) is 6.35. The van der Waals surface area contributed by atoms with Crippen LogP contribution in [0.25, 0.3) is 33.4 Å². The van der Waals surface area contributed by atoms with Crippen molar-refractivity contribution in [1.82, 2.24) is 0 Å². The van der Waals surface area contributed by atoms with Crippen LogP contribution in [0.5, 0.6) is 0 Å². The van der Waals surface area contributed by atoms with Gasteiger partial charge in [0, 0.05) is 40.0 Å². The zero-order valence-electron chi connectivity index (χ0n) is 21.2. The van der Waals surface area contributed by atoms with E-state index in [4.69, 9.17) is 9.41 Å². The van der Waals surface area contributed by atoms with E-state index >= 15 is 0 Å². The third kappa shape index (κ3) is 4.41. The van der Waals surface area contributed by atoms with Gasteiger partial charge in [-0.2, -0.15) is 0 Å². The lowest BCUT2D eigenvalue weighted by Crippen LogP contribution is -2.03. The lowest BCUT2D eigenvalue weighted by Gasteiger charge is -2.18. The van der Waals surface area contributed by atoms with Gasteiger partial charge in [-0.3, -0.25) is 0 Å². The monoisotopic (exact) mass is 480 g/mol. The minimum absolute atomic E-state index is 0.814. The molecule has 6 rings (SSSR count). The van der Waals surface area contributed by atoms with Crippen LogP contribution in [0.2, 0.25) is 0 Å². The molecule has 1 aliphatic carbocycles. The lowest BCUT2D eigenvalue weighted by molar-refractivity contribution is 0.619. The third-order valence-electron chi connectivity index (χ3n) is 6.91. The molecule has 1 heterocycles. The van der Waals surface area contributed by atoms with Crippen molar-refractivity contribution >= 4 is 28.0 Å². The zero-order chi connectivity index (χ0) is 25.4. The second-order valence-electron chi connectivity index (χ2n) is 9.52. The van der Waals surface area contributed by atoms with Gasteiger partial charge in [0.2, 0.25) is 0 Å². The summed E-state index contributed by atoms with van der Waals surface area (Å²) in [5.74, 6) is 0.814. The van der Waals surface area contributed by atoms with Crippen LogP contribution in [0.4, 0.5) is 17.1 Å². The molecule has 0 saturated carbocycles. The van der Waals surface area contributed by atoms with Crippen LogP contribution in [-0.2, 0) is 0 Å². The summed E-state index contributed by atoms with van der Waals surface area (Å²) in [6, 6.07) is 37.6. The Bertz CT molecular complexity index is 1790. The Morgan fingerprint density at radius 2 is 1.35 bits per heavy atom. The van der Waals surface area contributed by atoms with Crippen molar-refractivity contribution in [3.8, 4) is 22.5 Å². The van der Waals surface area contributed by atoms with Crippen molar-refractivity contribution in [2.75, 3.05) is 5.32 Å². The Kier molecular flexibility index (Phi) is 5.82. The van der Waals surface area contributed by atoms with Gasteiger partial charge in [-0.25, -0.2) is 4.99 Å². The molecule has 0 saturated heterocycles. The number of anilines is 2. The van der Waals surface area contributed by atoms with Gasteiger partial charge < -0.3 is 9.73 Å². The topological polar surface area (TPSA) is 37.5 Å². The Morgan fingerprint density at radius 1 is 0.622 bits per heavy atom. The summed E-state index contributed by atoms with van der Waals surface area (Å²) >= 11 is 0. The smallest absolute Gasteiger partial charge is 0.137 e. The molecule has 0 aromatic heterocycles. The van der Waals surface area contributed by atoms with Gasteiger partial charge in [0.15, 0.2) is 0 Å². The zero-order valence-corrected chi connectivity index (χ0v) is 21.2. The number of aryl methyl sites for hydroxylation is 3. The summed E-state index contributed by atoms with van der Waals surface area (Å²) in [7, 11) is 0. The molecule has 1 N–H and O–H groups in total. The van der Waals surface area contributed by atoms with Gasteiger partial charge in [0.05, 0.1) is 11.0 Å². The highest BCUT2D eigenvalue weighted by Gasteiger charge is 2.18. The van der Waals surface area contributed by atoms with Crippen LogP contribution in [0.15, 0.2) is 119 Å². The molecule has 0 bridgehead atoms. The van der Waals surface area contributed by atoms with E-state index in [2.05, 4.69) is 105 Å². The molecule has 3 heteroatoms. The maximum atomic E-state index is 6.57. The van der Waals surface area contributed by atoms with E-state index in [1.807, 2.05) is 30.3 Å². The number of hydrogen-bond donors (Lipinski definition) is 1. The number of nitrogens with one attached hydrogen (secondary N) is 1. The molecule has 4 aromatic carbocycles. The average molecular weight is 481 g/mol. The highest BCUT2D eigenvalue weighted by atomic mass is 16.3. The van der Waals surface area contributed by atoms with Crippen molar-refractivity contribution in [2.45, 2.75) is 20.8 Å². The lowest BCUT2D eigenvalue weighted by atomic mass is 9.91. The third-order valence-corrected chi connectivity index (χ3v) is 6.91. The summed E-state index contributed by atoms with van der Waals surface area (Å²) < 4.78 is 6.57. The van der Waals surface area contributed by atoms with E-state index in [9.17, 15) is 0 Å². The highest BCUT2D eigenvalue weighted by Crippen LogP contribution is 2.41. The Labute approximate surface area is 217 Å². The van der Waals surface area contributed by atoms with Crippen molar-refractivity contribution < 1.29 is 4.42 Å². The van der Waals surface area contributed by atoms with Crippen LogP contribution in [0.3, 0.4) is 0 Å². The van der Waals surface area contributed by atoms with Gasteiger partial charge in [-0.1, -0.05) is 60.7 Å². The molecular formula is C34H28N2O. The van der Waals surface area contributed by atoms with E-state index in [1.165, 1.54) is 22.3 Å². The fourth-order valence-electron chi connectivity index (χ4n) is 4.87. The van der Waals surface area contributed by atoms with Crippen molar-refractivity contribution in [3.63, 3.8) is 0 Å². The SMILES string of the molecule is Cc1ccccc1/N=c1\ccc2c(-c3ccccc3C)c3ccc(Nc4ccccc4C)cc3oc-2c1.